The van der Waals surface area contributed by atoms with Crippen LogP contribution in [0.4, 0.5) is 0 Å². The highest BCUT2D eigenvalue weighted by Gasteiger charge is 2.15. The van der Waals surface area contributed by atoms with Gasteiger partial charge in [0, 0.05) is 23.5 Å². The molecule has 4 heteroatoms. The molecule has 0 unspecified atom stereocenters. The van der Waals surface area contributed by atoms with Crippen molar-refractivity contribution in [3.8, 4) is 0 Å². The van der Waals surface area contributed by atoms with Gasteiger partial charge in [0.1, 0.15) is 0 Å². The van der Waals surface area contributed by atoms with Crippen LogP contribution in [0, 0.1) is 0 Å². The highest BCUT2D eigenvalue weighted by Crippen LogP contribution is 2.39. The van der Waals surface area contributed by atoms with Gasteiger partial charge in [-0.25, -0.2) is 0 Å². The summed E-state index contributed by atoms with van der Waals surface area (Å²) in [6, 6.07) is 0.277. The minimum atomic E-state index is 0.207. The Bertz CT molecular complexity index is 191. The molecule has 2 nitrogen and oxygen atoms in total. The summed E-state index contributed by atoms with van der Waals surface area (Å²) in [7, 11) is 4.02. The van der Waals surface area contributed by atoms with Crippen molar-refractivity contribution >= 4 is 27.5 Å². The quantitative estimate of drug-likeness (QED) is 0.577. The Balaban J connectivity index is 1.94. The zero-order chi connectivity index (χ0) is 11.1. The molecule has 0 spiro atoms. The molecule has 1 amide bonds. The van der Waals surface area contributed by atoms with Crippen LogP contribution in [0.1, 0.15) is 46.0 Å². The smallest absolute Gasteiger partial charge is 0.220 e. The Hall–Kier alpha value is 0.170. The minimum Gasteiger partial charge on any atom is -0.354 e. The second kappa shape index (κ2) is 7.44. The molecule has 0 aromatic carbocycles. The normalized spacial score (nSPS) is 20.9. The number of unbranched alkanes of at least 4 members (excludes halogenated alkanes) is 1. The number of carbonyl (C=O) groups excluding carboxylic acids is 1. The van der Waals surface area contributed by atoms with Gasteiger partial charge in [-0.3, -0.25) is 4.79 Å². The Morgan fingerprint density at radius 2 is 2.27 bits per heavy atom. The zero-order valence-electron chi connectivity index (χ0n) is 9.62. The van der Waals surface area contributed by atoms with Crippen LogP contribution < -0.4 is 5.32 Å². The molecule has 0 aromatic rings. The molecule has 0 saturated carbocycles. The number of hydrogen-bond donors (Lipinski definition) is 1. The van der Waals surface area contributed by atoms with E-state index in [9.17, 15) is 4.79 Å². The summed E-state index contributed by atoms with van der Waals surface area (Å²) in [5.41, 5.74) is 0. The largest absolute Gasteiger partial charge is 0.354 e. The molecule has 1 aliphatic rings. The molecule has 0 aliphatic carbocycles. The Labute approximate surface area is 101 Å². The lowest BCUT2D eigenvalue weighted by molar-refractivity contribution is -0.121. The first-order valence-electron chi connectivity index (χ1n) is 5.76. The molecular weight excluding hydrogens is 226 g/mol. The maximum Gasteiger partial charge on any atom is 0.220 e. The summed E-state index contributed by atoms with van der Waals surface area (Å²) < 4.78 is 0. The van der Waals surface area contributed by atoms with Crippen LogP contribution in [0.15, 0.2) is 0 Å². The molecule has 1 heterocycles. The fraction of sp³-hybridized carbons (Fsp3) is 0.909. The summed E-state index contributed by atoms with van der Waals surface area (Å²) in [5, 5.41) is 3.77. The SMILES string of the molecule is CC(C)NC(=O)CCCC[C@@H]1CCSS1. The molecular formula is C11H21NOS2. The molecule has 1 saturated heterocycles. The van der Waals surface area contributed by atoms with Gasteiger partial charge in [0.2, 0.25) is 5.91 Å². The van der Waals surface area contributed by atoms with E-state index in [1.165, 1.54) is 25.0 Å². The highest BCUT2D eigenvalue weighted by molar-refractivity contribution is 8.77. The predicted octanol–water partition coefficient (Wildman–Crippen LogP) is 3.23. The van der Waals surface area contributed by atoms with Gasteiger partial charge in [0.15, 0.2) is 0 Å². The van der Waals surface area contributed by atoms with Crippen molar-refractivity contribution in [2.24, 2.45) is 0 Å². The van der Waals surface area contributed by atoms with Crippen LogP contribution >= 0.6 is 21.6 Å². The molecule has 1 fully saturated rings. The van der Waals surface area contributed by atoms with E-state index in [-0.39, 0.29) is 11.9 Å². The summed E-state index contributed by atoms with van der Waals surface area (Å²) in [6.45, 7) is 4.01. The summed E-state index contributed by atoms with van der Waals surface area (Å²) in [5.74, 6) is 1.52. The summed E-state index contributed by atoms with van der Waals surface area (Å²) >= 11 is 0. The van der Waals surface area contributed by atoms with E-state index in [4.69, 9.17) is 0 Å². The summed E-state index contributed by atoms with van der Waals surface area (Å²) in [6.07, 6.45) is 5.58. The van der Waals surface area contributed by atoms with Gasteiger partial charge in [-0.05, 0) is 33.1 Å². The van der Waals surface area contributed by atoms with Crippen LogP contribution in [0.2, 0.25) is 0 Å². The Morgan fingerprint density at radius 3 is 2.87 bits per heavy atom. The third kappa shape index (κ3) is 6.36. The van der Waals surface area contributed by atoms with Crippen LogP contribution in [-0.4, -0.2) is 23.0 Å². The van der Waals surface area contributed by atoms with Crippen molar-refractivity contribution in [2.45, 2.75) is 57.2 Å². The lowest BCUT2D eigenvalue weighted by Gasteiger charge is -2.09. The number of rotatable bonds is 6. The standard InChI is InChI=1S/C11H21NOS2/c1-9(2)12-11(13)6-4-3-5-10-7-8-14-15-10/h9-10H,3-8H2,1-2H3,(H,12,13)/t10-/m1/s1. The number of amides is 1. The number of hydrogen-bond acceptors (Lipinski definition) is 3. The van der Waals surface area contributed by atoms with Gasteiger partial charge in [0.25, 0.3) is 0 Å². The van der Waals surface area contributed by atoms with Gasteiger partial charge >= 0.3 is 0 Å². The molecule has 15 heavy (non-hydrogen) atoms. The summed E-state index contributed by atoms with van der Waals surface area (Å²) in [4.78, 5) is 11.3. The van der Waals surface area contributed by atoms with E-state index >= 15 is 0 Å². The van der Waals surface area contributed by atoms with E-state index in [0.29, 0.717) is 6.42 Å². The number of carbonyl (C=O) groups is 1. The second-order valence-electron chi connectivity index (χ2n) is 4.30. The Kier molecular flexibility index (Phi) is 6.57. The maximum absolute atomic E-state index is 11.3. The average Bonchev–Trinajstić information content (AvgIpc) is 2.63. The monoisotopic (exact) mass is 247 g/mol. The molecule has 0 bridgehead atoms. The van der Waals surface area contributed by atoms with Crippen molar-refractivity contribution in [3.63, 3.8) is 0 Å². The van der Waals surface area contributed by atoms with Gasteiger partial charge in [-0.2, -0.15) is 0 Å². The second-order valence-corrected chi connectivity index (χ2v) is 7.08. The van der Waals surface area contributed by atoms with Gasteiger partial charge in [0.05, 0.1) is 0 Å². The van der Waals surface area contributed by atoms with E-state index in [1.54, 1.807) is 0 Å². The molecule has 88 valence electrons. The van der Waals surface area contributed by atoms with Gasteiger partial charge < -0.3 is 5.32 Å². The fourth-order valence-corrected chi connectivity index (χ4v) is 4.64. The predicted molar refractivity (Wildman–Crippen MR) is 70.2 cm³/mol. The van der Waals surface area contributed by atoms with Crippen molar-refractivity contribution < 1.29 is 4.79 Å². The maximum atomic E-state index is 11.3. The van der Waals surface area contributed by atoms with Gasteiger partial charge in [-0.15, -0.1) is 0 Å². The third-order valence-electron chi connectivity index (χ3n) is 2.36. The molecule has 1 atom stereocenters. The van der Waals surface area contributed by atoms with E-state index in [2.05, 4.69) is 5.32 Å². The topological polar surface area (TPSA) is 29.1 Å². The average molecular weight is 247 g/mol. The molecule has 1 N–H and O–H groups in total. The Morgan fingerprint density at radius 1 is 1.47 bits per heavy atom. The molecule has 1 rings (SSSR count). The van der Waals surface area contributed by atoms with Crippen LogP contribution in [0.3, 0.4) is 0 Å². The zero-order valence-corrected chi connectivity index (χ0v) is 11.3. The lowest BCUT2D eigenvalue weighted by atomic mass is 10.1. The van der Waals surface area contributed by atoms with E-state index in [1.807, 2.05) is 35.4 Å². The first-order chi connectivity index (χ1) is 7.18. The van der Waals surface area contributed by atoms with Crippen LogP contribution in [-0.2, 0) is 4.79 Å². The fourth-order valence-electron chi connectivity index (χ4n) is 1.62. The van der Waals surface area contributed by atoms with Crippen LogP contribution in [0.5, 0.6) is 0 Å². The highest BCUT2D eigenvalue weighted by atomic mass is 33.1. The third-order valence-corrected chi connectivity index (χ3v) is 5.36. The van der Waals surface area contributed by atoms with Gasteiger partial charge in [-0.1, -0.05) is 28.0 Å². The first kappa shape index (κ1) is 13.2. The molecule has 1 aliphatic heterocycles. The van der Waals surface area contributed by atoms with E-state index < -0.39 is 0 Å². The lowest BCUT2D eigenvalue weighted by Crippen LogP contribution is -2.29. The van der Waals surface area contributed by atoms with Crippen molar-refractivity contribution in [1.29, 1.82) is 0 Å². The molecule has 0 radical (unpaired) electrons. The first-order valence-corrected chi connectivity index (χ1v) is 8.14. The van der Waals surface area contributed by atoms with Crippen molar-refractivity contribution in [2.75, 3.05) is 5.75 Å². The minimum absolute atomic E-state index is 0.207. The van der Waals surface area contributed by atoms with Crippen LogP contribution in [0.25, 0.3) is 0 Å². The van der Waals surface area contributed by atoms with E-state index in [0.717, 1.165) is 11.7 Å². The van der Waals surface area contributed by atoms with Crippen molar-refractivity contribution in [1.82, 2.24) is 5.32 Å². The molecule has 0 aromatic heterocycles. The van der Waals surface area contributed by atoms with Crippen molar-refractivity contribution in [3.05, 3.63) is 0 Å². The number of nitrogens with one attached hydrogen (secondary N) is 1.